The molecule has 4 rings (SSSR count). The maximum absolute atomic E-state index is 13.1. The number of anilines is 1. The minimum atomic E-state index is -0.181. The summed E-state index contributed by atoms with van der Waals surface area (Å²) in [6.45, 7) is 7.56. The third-order valence-electron chi connectivity index (χ3n) is 5.38. The fourth-order valence-electron chi connectivity index (χ4n) is 3.99. The molecule has 0 amide bonds. The second-order valence-electron chi connectivity index (χ2n) is 6.79. The number of aromatic amines is 1. The predicted molar refractivity (Wildman–Crippen MR) is 95.2 cm³/mol. The Morgan fingerprint density at radius 2 is 1.96 bits per heavy atom. The number of rotatable bonds is 4. The lowest BCUT2D eigenvalue weighted by Crippen LogP contribution is -2.47. The van der Waals surface area contributed by atoms with E-state index in [0.29, 0.717) is 12.6 Å². The van der Waals surface area contributed by atoms with E-state index in [0.717, 1.165) is 51.3 Å². The molecule has 1 N–H and O–H groups in total. The predicted octanol–water partition coefficient (Wildman–Crippen LogP) is 2.89. The van der Waals surface area contributed by atoms with Crippen LogP contribution in [0.4, 0.5) is 10.1 Å². The fourth-order valence-corrected chi connectivity index (χ4v) is 3.99. The van der Waals surface area contributed by atoms with Crippen molar-refractivity contribution in [3.8, 4) is 0 Å². The highest BCUT2D eigenvalue weighted by atomic mass is 19.1. The molecule has 1 saturated heterocycles. The maximum Gasteiger partial charge on any atom is 0.123 e. The molecule has 2 aromatic rings. The van der Waals surface area contributed by atoms with E-state index in [4.69, 9.17) is 4.74 Å². The van der Waals surface area contributed by atoms with Crippen molar-refractivity contribution in [1.82, 2.24) is 15.1 Å². The molecular weight excluding hydrogens is 319 g/mol. The number of H-pyrrole nitrogens is 1. The van der Waals surface area contributed by atoms with Crippen molar-refractivity contribution in [2.75, 3.05) is 37.7 Å². The Labute approximate surface area is 147 Å². The van der Waals surface area contributed by atoms with E-state index in [-0.39, 0.29) is 5.82 Å². The molecule has 0 aliphatic carbocycles. The van der Waals surface area contributed by atoms with Crippen LogP contribution in [0.2, 0.25) is 0 Å². The normalized spacial score (nSPS) is 19.7. The van der Waals surface area contributed by atoms with Crippen molar-refractivity contribution in [2.45, 2.75) is 32.4 Å². The van der Waals surface area contributed by atoms with Gasteiger partial charge in [0.15, 0.2) is 0 Å². The molecule has 25 heavy (non-hydrogen) atoms. The minimum Gasteiger partial charge on any atom is -0.376 e. The molecule has 1 unspecified atom stereocenters. The number of aromatic nitrogens is 2. The molecule has 5 nitrogen and oxygen atoms in total. The van der Waals surface area contributed by atoms with Crippen LogP contribution in [0.1, 0.15) is 36.3 Å². The Hall–Kier alpha value is -1.92. The van der Waals surface area contributed by atoms with Crippen molar-refractivity contribution in [1.29, 1.82) is 0 Å². The largest absolute Gasteiger partial charge is 0.376 e. The molecule has 3 heterocycles. The summed E-state index contributed by atoms with van der Waals surface area (Å²) < 4.78 is 18.8. The average Bonchev–Trinajstić information content (AvgIpc) is 3.08. The fraction of sp³-hybridized carbons (Fsp3) is 0.526. The molecule has 0 radical (unpaired) electrons. The molecule has 134 valence electrons. The van der Waals surface area contributed by atoms with E-state index in [1.807, 2.05) is 12.1 Å². The quantitative estimate of drug-likeness (QED) is 0.926. The van der Waals surface area contributed by atoms with Crippen molar-refractivity contribution < 1.29 is 9.13 Å². The van der Waals surface area contributed by atoms with Gasteiger partial charge in [-0.3, -0.25) is 10.00 Å². The number of nitrogens with one attached hydrogen (secondary N) is 1. The van der Waals surface area contributed by atoms with Gasteiger partial charge in [-0.05, 0) is 30.7 Å². The van der Waals surface area contributed by atoms with Gasteiger partial charge in [-0.15, -0.1) is 0 Å². The first-order valence-electron chi connectivity index (χ1n) is 9.14. The highest BCUT2D eigenvalue weighted by Gasteiger charge is 2.29. The standard InChI is InChI=1S/C19H25FN4O/c1-2-18(19-16-13-25-12-7-17(16)21-22-19)24-10-8-23(9-11-24)15-5-3-14(20)4-6-15/h3-6,18H,2,7-13H2,1H3,(H,21,22). The van der Waals surface area contributed by atoms with E-state index < -0.39 is 0 Å². The third-order valence-corrected chi connectivity index (χ3v) is 5.38. The highest BCUT2D eigenvalue weighted by Crippen LogP contribution is 2.31. The maximum atomic E-state index is 13.1. The Kier molecular flexibility index (Phi) is 4.72. The number of halogens is 1. The number of piperazine rings is 1. The van der Waals surface area contributed by atoms with Crippen molar-refractivity contribution >= 4 is 5.69 Å². The molecule has 1 aromatic heterocycles. The van der Waals surface area contributed by atoms with E-state index in [1.165, 1.54) is 29.1 Å². The first kappa shape index (κ1) is 16.5. The van der Waals surface area contributed by atoms with E-state index in [2.05, 4.69) is 26.9 Å². The summed E-state index contributed by atoms with van der Waals surface area (Å²) in [5, 5.41) is 7.80. The van der Waals surface area contributed by atoms with Crippen LogP contribution in [0.5, 0.6) is 0 Å². The smallest absolute Gasteiger partial charge is 0.123 e. The van der Waals surface area contributed by atoms with Crippen molar-refractivity contribution in [2.24, 2.45) is 0 Å². The van der Waals surface area contributed by atoms with Gasteiger partial charge in [-0.1, -0.05) is 6.92 Å². The Bertz CT molecular complexity index is 707. The lowest BCUT2D eigenvalue weighted by Gasteiger charge is -2.40. The topological polar surface area (TPSA) is 44.4 Å². The second-order valence-corrected chi connectivity index (χ2v) is 6.79. The molecule has 0 saturated carbocycles. The SMILES string of the molecule is CCC(c1[nH]nc2c1COCC2)N1CCN(c2ccc(F)cc2)CC1. The van der Waals surface area contributed by atoms with Gasteiger partial charge >= 0.3 is 0 Å². The number of fused-ring (bicyclic) bond motifs is 1. The summed E-state index contributed by atoms with van der Waals surface area (Å²) in [5.41, 5.74) is 4.76. The molecule has 2 aliphatic heterocycles. The summed E-state index contributed by atoms with van der Waals surface area (Å²) in [6, 6.07) is 7.16. The van der Waals surface area contributed by atoms with Gasteiger partial charge in [0, 0.05) is 43.9 Å². The van der Waals surface area contributed by atoms with Crippen LogP contribution in [-0.4, -0.2) is 47.9 Å². The summed E-state index contributed by atoms with van der Waals surface area (Å²) in [5.74, 6) is -0.181. The molecule has 0 bridgehead atoms. The van der Waals surface area contributed by atoms with E-state index in [9.17, 15) is 4.39 Å². The van der Waals surface area contributed by atoms with Crippen molar-refractivity contribution in [3.63, 3.8) is 0 Å². The van der Waals surface area contributed by atoms with Gasteiger partial charge in [0.25, 0.3) is 0 Å². The summed E-state index contributed by atoms with van der Waals surface area (Å²) in [7, 11) is 0. The van der Waals surface area contributed by atoms with Gasteiger partial charge < -0.3 is 9.64 Å². The number of benzene rings is 1. The summed E-state index contributed by atoms with van der Waals surface area (Å²) in [6.07, 6.45) is 1.95. The zero-order valence-corrected chi connectivity index (χ0v) is 14.7. The van der Waals surface area contributed by atoms with Gasteiger partial charge in [-0.2, -0.15) is 5.10 Å². The zero-order chi connectivity index (χ0) is 17.2. The third kappa shape index (κ3) is 3.28. The van der Waals surface area contributed by atoms with Crippen LogP contribution >= 0.6 is 0 Å². The van der Waals surface area contributed by atoms with Crippen LogP contribution in [0, 0.1) is 5.82 Å². The lowest BCUT2D eigenvalue weighted by molar-refractivity contribution is 0.106. The average molecular weight is 344 g/mol. The van der Waals surface area contributed by atoms with Crippen LogP contribution in [-0.2, 0) is 17.8 Å². The van der Waals surface area contributed by atoms with Gasteiger partial charge in [-0.25, -0.2) is 4.39 Å². The Morgan fingerprint density at radius 1 is 1.20 bits per heavy atom. The second kappa shape index (κ2) is 7.14. The van der Waals surface area contributed by atoms with Crippen molar-refractivity contribution in [3.05, 3.63) is 47.0 Å². The van der Waals surface area contributed by atoms with Gasteiger partial charge in [0.1, 0.15) is 5.82 Å². The van der Waals surface area contributed by atoms with E-state index >= 15 is 0 Å². The number of nitrogens with zero attached hydrogens (tertiary/aromatic N) is 3. The lowest BCUT2D eigenvalue weighted by atomic mass is 10.0. The minimum absolute atomic E-state index is 0.181. The number of hydrogen-bond acceptors (Lipinski definition) is 4. The van der Waals surface area contributed by atoms with Gasteiger partial charge in [0.2, 0.25) is 0 Å². The molecule has 1 atom stereocenters. The molecule has 0 spiro atoms. The molecule has 1 fully saturated rings. The molecule has 2 aliphatic rings. The summed E-state index contributed by atoms with van der Waals surface area (Å²) in [4.78, 5) is 4.86. The first-order valence-corrected chi connectivity index (χ1v) is 9.14. The van der Waals surface area contributed by atoms with Crippen LogP contribution < -0.4 is 4.90 Å². The molecule has 1 aromatic carbocycles. The molecule has 6 heteroatoms. The molecular formula is C19H25FN4O. The highest BCUT2D eigenvalue weighted by molar-refractivity contribution is 5.46. The van der Waals surface area contributed by atoms with E-state index in [1.54, 1.807) is 0 Å². The summed E-state index contributed by atoms with van der Waals surface area (Å²) >= 11 is 0. The Morgan fingerprint density at radius 3 is 2.68 bits per heavy atom. The Balaban J connectivity index is 1.45. The van der Waals surface area contributed by atoms with Crippen LogP contribution in [0.3, 0.4) is 0 Å². The number of hydrogen-bond donors (Lipinski definition) is 1. The van der Waals surface area contributed by atoms with Crippen LogP contribution in [0.25, 0.3) is 0 Å². The first-order chi connectivity index (χ1) is 12.3. The monoisotopic (exact) mass is 344 g/mol. The number of ether oxygens (including phenoxy) is 1. The van der Waals surface area contributed by atoms with Gasteiger partial charge in [0.05, 0.1) is 30.6 Å². The zero-order valence-electron chi connectivity index (χ0n) is 14.7. The van der Waals surface area contributed by atoms with Crippen LogP contribution in [0.15, 0.2) is 24.3 Å².